The van der Waals surface area contributed by atoms with E-state index in [2.05, 4.69) is 5.32 Å². The normalized spacial score (nSPS) is 22.8. The van der Waals surface area contributed by atoms with E-state index in [0.29, 0.717) is 11.1 Å². The minimum absolute atomic E-state index is 0.183. The molecule has 2 rings (SSSR count). The summed E-state index contributed by atoms with van der Waals surface area (Å²) < 4.78 is 0. The molecule has 102 valence electrons. The van der Waals surface area contributed by atoms with Gasteiger partial charge in [0.15, 0.2) is 0 Å². The molecule has 1 aromatic carbocycles. The lowest BCUT2D eigenvalue weighted by Crippen LogP contribution is -2.45. The average molecular weight is 262 g/mol. The van der Waals surface area contributed by atoms with Crippen molar-refractivity contribution in [3.8, 4) is 0 Å². The lowest BCUT2D eigenvalue weighted by Gasteiger charge is -2.28. The van der Waals surface area contributed by atoms with Crippen molar-refractivity contribution in [2.75, 3.05) is 0 Å². The summed E-state index contributed by atoms with van der Waals surface area (Å²) in [5.74, 6) is -0.753. The van der Waals surface area contributed by atoms with Crippen LogP contribution in [0.3, 0.4) is 0 Å². The molecule has 1 fully saturated rings. The van der Waals surface area contributed by atoms with Gasteiger partial charge in [-0.2, -0.15) is 0 Å². The highest BCUT2D eigenvalue weighted by Gasteiger charge is 2.24. The second-order valence-corrected chi connectivity index (χ2v) is 4.87. The van der Waals surface area contributed by atoms with Crippen molar-refractivity contribution in [3.05, 3.63) is 35.4 Å². The van der Waals surface area contributed by atoms with Crippen molar-refractivity contribution in [1.29, 1.82) is 0 Å². The molecule has 1 saturated carbocycles. The third-order valence-electron chi connectivity index (χ3n) is 3.48. The molecule has 5 nitrogen and oxygen atoms in total. The Kier molecular flexibility index (Phi) is 4.16. The number of hydrogen-bond donors (Lipinski definition) is 3. The minimum Gasteiger partial charge on any atom is -0.391 e. The van der Waals surface area contributed by atoms with Crippen molar-refractivity contribution in [3.63, 3.8) is 0 Å². The molecule has 2 amide bonds. The van der Waals surface area contributed by atoms with Gasteiger partial charge in [0.25, 0.3) is 5.91 Å². The predicted octanol–water partition coefficient (Wildman–Crippen LogP) is 0.819. The fourth-order valence-corrected chi connectivity index (χ4v) is 2.32. The lowest BCUT2D eigenvalue weighted by atomic mass is 9.92. The summed E-state index contributed by atoms with van der Waals surface area (Å²) in [6.07, 6.45) is 3.07. The Bertz CT molecular complexity index is 470. The minimum atomic E-state index is -0.519. The van der Waals surface area contributed by atoms with Gasteiger partial charge in [-0.1, -0.05) is 12.8 Å². The van der Waals surface area contributed by atoms with Gasteiger partial charge in [-0.25, -0.2) is 0 Å². The Balaban J connectivity index is 2.01. The van der Waals surface area contributed by atoms with Gasteiger partial charge in [-0.3, -0.25) is 9.59 Å². The Labute approximate surface area is 111 Å². The zero-order valence-corrected chi connectivity index (χ0v) is 10.6. The topological polar surface area (TPSA) is 92.4 Å². The summed E-state index contributed by atoms with van der Waals surface area (Å²) in [5, 5.41) is 12.6. The quantitative estimate of drug-likeness (QED) is 0.753. The molecule has 1 aliphatic carbocycles. The van der Waals surface area contributed by atoms with Crippen LogP contribution in [0.4, 0.5) is 0 Å². The van der Waals surface area contributed by atoms with Crippen molar-refractivity contribution in [1.82, 2.24) is 5.32 Å². The Morgan fingerprint density at radius 3 is 2.26 bits per heavy atom. The smallest absolute Gasteiger partial charge is 0.251 e. The van der Waals surface area contributed by atoms with Gasteiger partial charge in [-0.15, -0.1) is 0 Å². The van der Waals surface area contributed by atoms with Crippen molar-refractivity contribution < 1.29 is 14.7 Å². The molecule has 0 heterocycles. The van der Waals surface area contributed by atoms with Gasteiger partial charge < -0.3 is 16.2 Å². The SMILES string of the molecule is NC(=O)c1ccc(C(=O)N[C@H]2CCCC[C@@H]2O)cc1. The van der Waals surface area contributed by atoms with Crippen LogP contribution in [-0.4, -0.2) is 29.1 Å². The molecular formula is C14H18N2O3. The summed E-state index contributed by atoms with van der Waals surface area (Å²) in [5.41, 5.74) is 5.97. The summed E-state index contributed by atoms with van der Waals surface area (Å²) >= 11 is 0. The van der Waals surface area contributed by atoms with E-state index in [1.807, 2.05) is 0 Å². The number of nitrogens with two attached hydrogens (primary N) is 1. The maximum absolute atomic E-state index is 12.0. The van der Waals surface area contributed by atoms with Crippen LogP contribution in [0.25, 0.3) is 0 Å². The molecular weight excluding hydrogens is 244 g/mol. The second-order valence-electron chi connectivity index (χ2n) is 4.87. The number of hydrogen-bond acceptors (Lipinski definition) is 3. The number of carbonyl (C=O) groups excluding carboxylic acids is 2. The van der Waals surface area contributed by atoms with Gasteiger partial charge in [0, 0.05) is 11.1 Å². The molecule has 0 aliphatic heterocycles. The molecule has 0 unspecified atom stereocenters. The summed E-state index contributed by atoms with van der Waals surface area (Å²) in [4.78, 5) is 22.9. The highest BCUT2D eigenvalue weighted by molar-refractivity contribution is 5.97. The van der Waals surface area contributed by atoms with Gasteiger partial charge in [0.05, 0.1) is 12.1 Å². The van der Waals surface area contributed by atoms with Gasteiger partial charge in [0.1, 0.15) is 0 Å². The van der Waals surface area contributed by atoms with Crippen molar-refractivity contribution >= 4 is 11.8 Å². The van der Waals surface area contributed by atoms with Crippen LogP contribution in [0.15, 0.2) is 24.3 Å². The number of aliphatic hydroxyl groups is 1. The Morgan fingerprint density at radius 1 is 1.11 bits per heavy atom. The molecule has 2 atom stereocenters. The molecule has 0 radical (unpaired) electrons. The third kappa shape index (κ3) is 3.32. The summed E-state index contributed by atoms with van der Waals surface area (Å²) in [6.45, 7) is 0. The van der Waals surface area contributed by atoms with E-state index >= 15 is 0 Å². The van der Waals surface area contributed by atoms with Gasteiger partial charge in [0.2, 0.25) is 5.91 Å². The maximum Gasteiger partial charge on any atom is 0.251 e. The molecule has 1 aliphatic rings. The fraction of sp³-hybridized carbons (Fsp3) is 0.429. The largest absolute Gasteiger partial charge is 0.391 e. The van der Waals surface area contributed by atoms with Gasteiger partial charge in [-0.05, 0) is 37.1 Å². The standard InChI is InChI=1S/C14H18N2O3/c15-13(18)9-5-7-10(8-6-9)14(19)16-11-3-1-2-4-12(11)17/h5-8,11-12,17H,1-4H2,(H2,15,18)(H,16,19)/t11-,12-/m0/s1. The van der Waals surface area contributed by atoms with E-state index in [-0.39, 0.29) is 11.9 Å². The van der Waals surface area contributed by atoms with E-state index in [0.717, 1.165) is 25.7 Å². The highest BCUT2D eigenvalue weighted by Crippen LogP contribution is 2.18. The predicted molar refractivity (Wildman–Crippen MR) is 70.7 cm³/mol. The van der Waals surface area contributed by atoms with Crippen LogP contribution >= 0.6 is 0 Å². The molecule has 19 heavy (non-hydrogen) atoms. The first kappa shape index (κ1) is 13.5. The van der Waals surface area contributed by atoms with Crippen LogP contribution in [0.5, 0.6) is 0 Å². The highest BCUT2D eigenvalue weighted by atomic mass is 16.3. The number of aliphatic hydroxyl groups excluding tert-OH is 1. The van der Waals surface area contributed by atoms with Crippen molar-refractivity contribution in [2.45, 2.75) is 37.8 Å². The van der Waals surface area contributed by atoms with Crippen LogP contribution in [0, 0.1) is 0 Å². The fourth-order valence-electron chi connectivity index (χ4n) is 2.32. The Hall–Kier alpha value is -1.88. The number of rotatable bonds is 3. The van der Waals surface area contributed by atoms with E-state index in [4.69, 9.17) is 5.73 Å². The maximum atomic E-state index is 12.0. The molecule has 0 bridgehead atoms. The molecule has 5 heteroatoms. The van der Waals surface area contributed by atoms with E-state index in [1.165, 1.54) is 12.1 Å². The lowest BCUT2D eigenvalue weighted by molar-refractivity contribution is 0.0717. The number of amides is 2. The van der Waals surface area contributed by atoms with E-state index < -0.39 is 12.0 Å². The first-order valence-electron chi connectivity index (χ1n) is 6.46. The third-order valence-corrected chi connectivity index (χ3v) is 3.48. The van der Waals surface area contributed by atoms with Crippen LogP contribution < -0.4 is 11.1 Å². The monoisotopic (exact) mass is 262 g/mol. The number of carbonyl (C=O) groups is 2. The molecule has 0 aromatic heterocycles. The molecule has 4 N–H and O–H groups in total. The first-order valence-corrected chi connectivity index (χ1v) is 6.46. The zero-order valence-electron chi connectivity index (χ0n) is 10.6. The average Bonchev–Trinajstić information content (AvgIpc) is 2.41. The summed E-state index contributed by atoms with van der Waals surface area (Å²) in [6, 6.07) is 5.98. The van der Waals surface area contributed by atoms with Crippen LogP contribution in [0.1, 0.15) is 46.4 Å². The number of benzene rings is 1. The van der Waals surface area contributed by atoms with Crippen molar-refractivity contribution in [2.24, 2.45) is 5.73 Å². The van der Waals surface area contributed by atoms with E-state index in [9.17, 15) is 14.7 Å². The van der Waals surface area contributed by atoms with Crippen LogP contribution in [0.2, 0.25) is 0 Å². The van der Waals surface area contributed by atoms with Crippen LogP contribution in [-0.2, 0) is 0 Å². The summed E-state index contributed by atoms with van der Waals surface area (Å²) in [7, 11) is 0. The Morgan fingerprint density at radius 2 is 1.68 bits per heavy atom. The molecule has 0 spiro atoms. The zero-order chi connectivity index (χ0) is 13.8. The van der Waals surface area contributed by atoms with Gasteiger partial charge >= 0.3 is 0 Å². The van der Waals surface area contributed by atoms with E-state index in [1.54, 1.807) is 12.1 Å². The number of primary amides is 1. The number of nitrogens with one attached hydrogen (secondary N) is 1. The molecule has 1 aromatic rings. The first-order chi connectivity index (χ1) is 9.08. The molecule has 0 saturated heterocycles. The second kappa shape index (κ2) is 5.84.